The van der Waals surface area contributed by atoms with Gasteiger partial charge in [-0.05, 0) is 50.9 Å². The summed E-state index contributed by atoms with van der Waals surface area (Å²) in [5, 5.41) is 0. The van der Waals surface area contributed by atoms with Crippen LogP contribution in [0.2, 0.25) is 0 Å². The fraction of sp³-hybridized carbons (Fsp3) is 0.619. The van der Waals surface area contributed by atoms with E-state index in [9.17, 15) is 9.59 Å². The SMILES string of the molecule is CN(C(=O)CN1CCC(C(=O)N2CCCCCC2)CC1)c1ccccc1. The second-order valence-electron chi connectivity index (χ2n) is 7.58. The van der Waals surface area contributed by atoms with E-state index in [0.717, 1.165) is 57.5 Å². The van der Waals surface area contributed by atoms with E-state index in [1.807, 2.05) is 37.4 Å². The Bertz CT molecular complexity index is 589. The maximum Gasteiger partial charge on any atom is 0.240 e. The monoisotopic (exact) mass is 357 g/mol. The normalized spacial score (nSPS) is 19.8. The Hall–Kier alpha value is -1.88. The average molecular weight is 357 g/mol. The van der Waals surface area contributed by atoms with E-state index in [1.165, 1.54) is 12.8 Å². The zero-order chi connectivity index (χ0) is 18.4. The minimum Gasteiger partial charge on any atom is -0.342 e. The standard InChI is InChI=1S/C21H31N3O2/c1-22(19-9-5-4-6-10-19)20(25)17-23-15-11-18(12-16-23)21(26)24-13-7-2-3-8-14-24/h4-6,9-10,18H,2-3,7-8,11-17H2,1H3. The fourth-order valence-electron chi connectivity index (χ4n) is 3.98. The zero-order valence-corrected chi connectivity index (χ0v) is 15.9. The Labute approximate surface area is 156 Å². The molecule has 0 saturated carbocycles. The molecule has 2 amide bonds. The third-order valence-corrected chi connectivity index (χ3v) is 5.73. The molecule has 5 heteroatoms. The minimum atomic E-state index is 0.105. The van der Waals surface area contributed by atoms with Gasteiger partial charge in [-0.3, -0.25) is 14.5 Å². The summed E-state index contributed by atoms with van der Waals surface area (Å²) in [5.41, 5.74) is 0.920. The first-order valence-corrected chi connectivity index (χ1v) is 9.98. The quantitative estimate of drug-likeness (QED) is 0.832. The number of hydrogen-bond donors (Lipinski definition) is 0. The van der Waals surface area contributed by atoms with Crippen molar-refractivity contribution < 1.29 is 9.59 Å². The lowest BCUT2D eigenvalue weighted by atomic mass is 9.95. The van der Waals surface area contributed by atoms with Gasteiger partial charge in [0.2, 0.25) is 11.8 Å². The lowest BCUT2D eigenvalue weighted by Crippen LogP contribution is -2.46. The molecule has 2 saturated heterocycles. The number of likely N-dealkylation sites (N-methyl/N-ethyl adjacent to an activating group) is 1. The lowest BCUT2D eigenvalue weighted by Gasteiger charge is -2.34. The van der Waals surface area contributed by atoms with E-state index in [4.69, 9.17) is 0 Å². The highest BCUT2D eigenvalue weighted by atomic mass is 16.2. The van der Waals surface area contributed by atoms with Crippen molar-refractivity contribution in [3.8, 4) is 0 Å². The number of nitrogens with zero attached hydrogens (tertiary/aromatic N) is 3. The molecule has 2 heterocycles. The molecule has 0 atom stereocenters. The van der Waals surface area contributed by atoms with Gasteiger partial charge in [-0.1, -0.05) is 31.0 Å². The maximum atomic E-state index is 12.8. The van der Waals surface area contributed by atoms with Crippen LogP contribution in [0, 0.1) is 5.92 Å². The molecule has 2 aliphatic heterocycles. The molecule has 2 aliphatic rings. The van der Waals surface area contributed by atoms with Gasteiger partial charge in [0.05, 0.1) is 6.54 Å². The highest BCUT2D eigenvalue weighted by Crippen LogP contribution is 2.22. The number of carbonyl (C=O) groups excluding carboxylic acids is 2. The molecule has 1 aromatic rings. The first kappa shape index (κ1) is 18.9. The Balaban J connectivity index is 1.46. The Morgan fingerprint density at radius 3 is 2.19 bits per heavy atom. The van der Waals surface area contributed by atoms with E-state index >= 15 is 0 Å². The molecular weight excluding hydrogens is 326 g/mol. The molecule has 0 aromatic heterocycles. The molecule has 1 aromatic carbocycles. The Kier molecular flexibility index (Phi) is 6.67. The van der Waals surface area contributed by atoms with E-state index in [-0.39, 0.29) is 11.8 Å². The van der Waals surface area contributed by atoms with Crippen molar-refractivity contribution in [2.45, 2.75) is 38.5 Å². The number of rotatable bonds is 4. The van der Waals surface area contributed by atoms with Crippen LogP contribution < -0.4 is 4.90 Å². The average Bonchev–Trinajstić information content (AvgIpc) is 2.97. The van der Waals surface area contributed by atoms with Crippen LogP contribution in [0.15, 0.2) is 30.3 Å². The number of likely N-dealkylation sites (tertiary alicyclic amines) is 2. The zero-order valence-electron chi connectivity index (χ0n) is 15.9. The lowest BCUT2D eigenvalue weighted by molar-refractivity contribution is -0.137. The predicted octanol–water partition coefficient (Wildman–Crippen LogP) is 2.76. The van der Waals surface area contributed by atoms with Crippen molar-refractivity contribution in [3.63, 3.8) is 0 Å². The van der Waals surface area contributed by atoms with Crippen LogP contribution in [0.25, 0.3) is 0 Å². The van der Waals surface area contributed by atoms with Crippen molar-refractivity contribution in [2.24, 2.45) is 5.92 Å². The Morgan fingerprint density at radius 1 is 0.962 bits per heavy atom. The number of hydrogen-bond acceptors (Lipinski definition) is 3. The van der Waals surface area contributed by atoms with Crippen LogP contribution in [0.4, 0.5) is 5.69 Å². The van der Waals surface area contributed by atoms with Crippen molar-refractivity contribution in [3.05, 3.63) is 30.3 Å². The third-order valence-electron chi connectivity index (χ3n) is 5.73. The van der Waals surface area contributed by atoms with Crippen LogP contribution >= 0.6 is 0 Å². The maximum absolute atomic E-state index is 12.8. The van der Waals surface area contributed by atoms with Gasteiger partial charge in [-0.25, -0.2) is 0 Å². The fourth-order valence-corrected chi connectivity index (χ4v) is 3.98. The number of amides is 2. The minimum absolute atomic E-state index is 0.105. The van der Waals surface area contributed by atoms with Crippen molar-refractivity contribution >= 4 is 17.5 Å². The molecule has 5 nitrogen and oxygen atoms in total. The largest absolute Gasteiger partial charge is 0.342 e. The van der Waals surface area contributed by atoms with Crippen LogP contribution in [-0.4, -0.2) is 61.4 Å². The summed E-state index contributed by atoms with van der Waals surface area (Å²) >= 11 is 0. The van der Waals surface area contributed by atoms with Crippen LogP contribution in [0.3, 0.4) is 0 Å². The number of anilines is 1. The van der Waals surface area contributed by atoms with Crippen LogP contribution in [0.1, 0.15) is 38.5 Å². The van der Waals surface area contributed by atoms with Gasteiger partial charge < -0.3 is 9.80 Å². The smallest absolute Gasteiger partial charge is 0.240 e. The molecular formula is C21H31N3O2. The van der Waals surface area contributed by atoms with Gasteiger partial charge in [0.15, 0.2) is 0 Å². The molecule has 0 spiro atoms. The molecule has 0 unspecified atom stereocenters. The van der Waals surface area contributed by atoms with Gasteiger partial charge in [-0.15, -0.1) is 0 Å². The molecule has 26 heavy (non-hydrogen) atoms. The number of para-hydroxylation sites is 1. The van der Waals surface area contributed by atoms with E-state index in [2.05, 4.69) is 9.80 Å². The molecule has 0 N–H and O–H groups in total. The topological polar surface area (TPSA) is 43.9 Å². The molecule has 2 fully saturated rings. The molecule has 0 radical (unpaired) electrons. The van der Waals surface area contributed by atoms with Crippen LogP contribution in [0.5, 0.6) is 0 Å². The number of carbonyl (C=O) groups is 2. The Morgan fingerprint density at radius 2 is 1.58 bits per heavy atom. The molecule has 0 bridgehead atoms. The van der Waals surface area contributed by atoms with Crippen molar-refractivity contribution in [1.82, 2.24) is 9.80 Å². The van der Waals surface area contributed by atoms with Crippen molar-refractivity contribution in [1.29, 1.82) is 0 Å². The van der Waals surface area contributed by atoms with Crippen LogP contribution in [-0.2, 0) is 9.59 Å². The second-order valence-corrected chi connectivity index (χ2v) is 7.58. The van der Waals surface area contributed by atoms with Gasteiger partial charge in [0.1, 0.15) is 0 Å². The molecule has 142 valence electrons. The molecule has 0 aliphatic carbocycles. The first-order valence-electron chi connectivity index (χ1n) is 9.98. The summed E-state index contributed by atoms with van der Waals surface area (Å²) < 4.78 is 0. The summed E-state index contributed by atoms with van der Waals surface area (Å²) in [6, 6.07) is 9.74. The van der Waals surface area contributed by atoms with Gasteiger partial charge in [-0.2, -0.15) is 0 Å². The molecule has 3 rings (SSSR count). The van der Waals surface area contributed by atoms with Gasteiger partial charge in [0, 0.05) is 31.7 Å². The van der Waals surface area contributed by atoms with Gasteiger partial charge in [0.25, 0.3) is 0 Å². The third kappa shape index (κ3) is 4.85. The van der Waals surface area contributed by atoms with E-state index < -0.39 is 0 Å². The predicted molar refractivity (Wildman–Crippen MR) is 104 cm³/mol. The first-order chi connectivity index (χ1) is 12.6. The summed E-state index contributed by atoms with van der Waals surface area (Å²) in [5.74, 6) is 0.596. The van der Waals surface area contributed by atoms with E-state index in [0.29, 0.717) is 12.5 Å². The summed E-state index contributed by atoms with van der Waals surface area (Å²) in [6.45, 7) is 3.95. The summed E-state index contributed by atoms with van der Waals surface area (Å²) in [4.78, 5) is 31.3. The summed E-state index contributed by atoms with van der Waals surface area (Å²) in [6.07, 6.45) is 6.53. The number of benzene rings is 1. The highest BCUT2D eigenvalue weighted by Gasteiger charge is 2.29. The number of piperidine rings is 1. The van der Waals surface area contributed by atoms with Crippen molar-refractivity contribution in [2.75, 3.05) is 44.7 Å². The second kappa shape index (κ2) is 9.17. The summed E-state index contributed by atoms with van der Waals surface area (Å²) in [7, 11) is 1.83. The highest BCUT2D eigenvalue weighted by molar-refractivity contribution is 5.94. The van der Waals surface area contributed by atoms with Gasteiger partial charge >= 0.3 is 0 Å². The van der Waals surface area contributed by atoms with E-state index in [1.54, 1.807) is 4.90 Å².